The van der Waals surface area contributed by atoms with Gasteiger partial charge >= 0.3 is 0 Å². The number of benzene rings is 1. The van der Waals surface area contributed by atoms with Crippen LogP contribution in [-0.4, -0.2) is 23.9 Å². The topological polar surface area (TPSA) is 46.3 Å². The maximum atomic E-state index is 12.8. The Morgan fingerprint density at radius 1 is 1.56 bits per heavy atom. The highest BCUT2D eigenvalue weighted by atomic mass is 35.5. The standard InChI is InChI=1S/C11H15FN2O.ClH/c1-8(13)11(15)14(2)7-9-4-3-5-10(12)6-9;/h3-6,8H,7,13H2,1-2H3;1H/t8-;/m1./s1. The van der Waals surface area contributed by atoms with Crippen molar-refractivity contribution >= 4 is 18.3 Å². The minimum atomic E-state index is -0.524. The Hall–Kier alpha value is -1.13. The van der Waals surface area contributed by atoms with Gasteiger partial charge in [-0.05, 0) is 24.6 Å². The Bertz CT molecular complexity index is 358. The van der Waals surface area contributed by atoms with E-state index in [4.69, 9.17) is 5.73 Å². The van der Waals surface area contributed by atoms with Crippen LogP contribution in [0.2, 0.25) is 0 Å². The number of carbonyl (C=O) groups is 1. The van der Waals surface area contributed by atoms with Crippen LogP contribution in [0.25, 0.3) is 0 Å². The van der Waals surface area contributed by atoms with Gasteiger partial charge in [0.05, 0.1) is 6.04 Å². The van der Waals surface area contributed by atoms with Crippen LogP contribution < -0.4 is 5.73 Å². The first-order valence-corrected chi connectivity index (χ1v) is 4.75. The van der Waals surface area contributed by atoms with Crippen molar-refractivity contribution in [2.24, 2.45) is 5.73 Å². The van der Waals surface area contributed by atoms with Crippen LogP contribution in [0.3, 0.4) is 0 Å². The molecule has 1 aromatic rings. The molecule has 0 aliphatic heterocycles. The van der Waals surface area contributed by atoms with E-state index < -0.39 is 6.04 Å². The number of hydrogen-bond acceptors (Lipinski definition) is 2. The summed E-state index contributed by atoms with van der Waals surface area (Å²) in [5.41, 5.74) is 6.21. The van der Waals surface area contributed by atoms with Gasteiger partial charge in [0.15, 0.2) is 0 Å². The second-order valence-electron chi connectivity index (χ2n) is 3.61. The Balaban J connectivity index is 0.00000225. The maximum absolute atomic E-state index is 12.8. The molecule has 2 N–H and O–H groups in total. The van der Waals surface area contributed by atoms with Crippen molar-refractivity contribution in [1.29, 1.82) is 0 Å². The quantitative estimate of drug-likeness (QED) is 0.880. The predicted octanol–water partition coefficient (Wildman–Crippen LogP) is 1.55. The molecule has 16 heavy (non-hydrogen) atoms. The Morgan fingerprint density at radius 2 is 2.19 bits per heavy atom. The average Bonchev–Trinajstić information content (AvgIpc) is 2.16. The minimum absolute atomic E-state index is 0. The fourth-order valence-electron chi connectivity index (χ4n) is 1.33. The zero-order valence-corrected chi connectivity index (χ0v) is 10.1. The average molecular weight is 247 g/mol. The molecule has 0 radical (unpaired) electrons. The van der Waals surface area contributed by atoms with Crippen molar-refractivity contribution in [3.63, 3.8) is 0 Å². The van der Waals surface area contributed by atoms with Crippen LogP contribution in [0.5, 0.6) is 0 Å². The first-order chi connectivity index (χ1) is 7.00. The molecule has 0 spiro atoms. The fourth-order valence-corrected chi connectivity index (χ4v) is 1.33. The first kappa shape index (κ1) is 14.9. The molecule has 0 unspecified atom stereocenters. The van der Waals surface area contributed by atoms with Gasteiger partial charge < -0.3 is 10.6 Å². The number of carbonyl (C=O) groups excluding carboxylic acids is 1. The first-order valence-electron chi connectivity index (χ1n) is 4.75. The molecule has 1 atom stereocenters. The molecular formula is C11H16ClFN2O. The highest BCUT2D eigenvalue weighted by molar-refractivity contribution is 5.85. The largest absolute Gasteiger partial charge is 0.340 e. The summed E-state index contributed by atoms with van der Waals surface area (Å²) in [5.74, 6) is -0.451. The van der Waals surface area contributed by atoms with Crippen LogP contribution in [0.15, 0.2) is 24.3 Å². The van der Waals surface area contributed by atoms with E-state index in [-0.39, 0.29) is 24.1 Å². The van der Waals surface area contributed by atoms with Gasteiger partial charge in [0.2, 0.25) is 5.91 Å². The number of nitrogens with two attached hydrogens (primary N) is 1. The van der Waals surface area contributed by atoms with E-state index in [0.717, 1.165) is 5.56 Å². The van der Waals surface area contributed by atoms with Crippen molar-refractivity contribution in [2.75, 3.05) is 7.05 Å². The molecule has 0 aromatic heterocycles. The number of likely N-dealkylation sites (N-methyl/N-ethyl adjacent to an activating group) is 1. The minimum Gasteiger partial charge on any atom is -0.340 e. The SMILES string of the molecule is C[C@@H](N)C(=O)N(C)Cc1cccc(F)c1.Cl. The molecule has 0 saturated carbocycles. The lowest BCUT2D eigenvalue weighted by atomic mass is 10.2. The summed E-state index contributed by atoms with van der Waals surface area (Å²) in [6.07, 6.45) is 0. The normalized spacial score (nSPS) is 11.5. The predicted molar refractivity (Wildman–Crippen MR) is 63.8 cm³/mol. The number of halogens is 2. The molecule has 0 aliphatic rings. The number of amides is 1. The molecule has 5 heteroatoms. The molecule has 1 aromatic carbocycles. The third kappa shape index (κ3) is 4.16. The second kappa shape index (κ2) is 6.45. The second-order valence-corrected chi connectivity index (χ2v) is 3.61. The van der Waals surface area contributed by atoms with Gasteiger partial charge in [0, 0.05) is 13.6 Å². The van der Waals surface area contributed by atoms with Crippen molar-refractivity contribution < 1.29 is 9.18 Å². The lowest BCUT2D eigenvalue weighted by Gasteiger charge is -2.19. The maximum Gasteiger partial charge on any atom is 0.239 e. The summed E-state index contributed by atoms with van der Waals surface area (Å²) in [6, 6.07) is 5.65. The van der Waals surface area contributed by atoms with Crippen molar-refractivity contribution in [2.45, 2.75) is 19.5 Å². The molecule has 1 rings (SSSR count). The molecule has 0 saturated heterocycles. The smallest absolute Gasteiger partial charge is 0.239 e. The molecule has 1 amide bonds. The zero-order chi connectivity index (χ0) is 11.4. The van der Waals surface area contributed by atoms with Crippen molar-refractivity contribution in [3.05, 3.63) is 35.6 Å². The Kier molecular flexibility index (Phi) is 6.00. The molecule has 90 valence electrons. The van der Waals surface area contributed by atoms with Gasteiger partial charge in [0.1, 0.15) is 5.82 Å². The summed E-state index contributed by atoms with van der Waals surface area (Å²) in [7, 11) is 1.65. The van der Waals surface area contributed by atoms with E-state index in [0.29, 0.717) is 6.54 Å². The van der Waals surface area contributed by atoms with Crippen LogP contribution in [0.4, 0.5) is 4.39 Å². The molecular weight excluding hydrogens is 231 g/mol. The van der Waals surface area contributed by atoms with E-state index in [1.807, 2.05) is 0 Å². The van der Waals surface area contributed by atoms with Crippen LogP contribution in [0.1, 0.15) is 12.5 Å². The van der Waals surface area contributed by atoms with E-state index in [9.17, 15) is 9.18 Å². The summed E-state index contributed by atoms with van der Waals surface area (Å²) >= 11 is 0. The van der Waals surface area contributed by atoms with Gasteiger partial charge in [-0.25, -0.2) is 4.39 Å². The van der Waals surface area contributed by atoms with E-state index in [2.05, 4.69) is 0 Å². The van der Waals surface area contributed by atoms with E-state index in [1.54, 1.807) is 26.1 Å². The summed E-state index contributed by atoms with van der Waals surface area (Å²) < 4.78 is 12.8. The van der Waals surface area contributed by atoms with Crippen molar-refractivity contribution in [1.82, 2.24) is 4.90 Å². The number of hydrogen-bond donors (Lipinski definition) is 1. The molecule has 0 fully saturated rings. The fraction of sp³-hybridized carbons (Fsp3) is 0.364. The summed E-state index contributed by atoms with van der Waals surface area (Å²) in [4.78, 5) is 12.9. The Morgan fingerprint density at radius 3 is 2.69 bits per heavy atom. The zero-order valence-electron chi connectivity index (χ0n) is 9.31. The summed E-state index contributed by atoms with van der Waals surface area (Å²) in [6.45, 7) is 2.00. The number of rotatable bonds is 3. The molecule has 3 nitrogen and oxygen atoms in total. The van der Waals surface area contributed by atoms with Crippen LogP contribution in [-0.2, 0) is 11.3 Å². The third-order valence-corrected chi connectivity index (χ3v) is 2.07. The van der Waals surface area contributed by atoms with Gasteiger partial charge in [-0.1, -0.05) is 12.1 Å². The van der Waals surface area contributed by atoms with E-state index >= 15 is 0 Å². The molecule has 0 heterocycles. The highest BCUT2D eigenvalue weighted by Gasteiger charge is 2.13. The van der Waals surface area contributed by atoms with E-state index in [1.165, 1.54) is 17.0 Å². The number of nitrogens with zero attached hydrogens (tertiary/aromatic N) is 1. The van der Waals surface area contributed by atoms with Gasteiger partial charge in [-0.3, -0.25) is 4.79 Å². The summed E-state index contributed by atoms with van der Waals surface area (Å²) in [5, 5.41) is 0. The van der Waals surface area contributed by atoms with Crippen molar-refractivity contribution in [3.8, 4) is 0 Å². The third-order valence-electron chi connectivity index (χ3n) is 2.07. The van der Waals surface area contributed by atoms with Crippen LogP contribution in [0, 0.1) is 5.82 Å². The molecule has 0 bridgehead atoms. The lowest BCUT2D eigenvalue weighted by Crippen LogP contribution is -2.39. The van der Waals surface area contributed by atoms with Gasteiger partial charge in [-0.15, -0.1) is 12.4 Å². The lowest BCUT2D eigenvalue weighted by molar-refractivity contribution is -0.131. The van der Waals surface area contributed by atoms with Gasteiger partial charge in [-0.2, -0.15) is 0 Å². The van der Waals surface area contributed by atoms with Crippen LogP contribution >= 0.6 is 12.4 Å². The highest BCUT2D eigenvalue weighted by Crippen LogP contribution is 2.06. The Labute approximate surface area is 101 Å². The molecule has 0 aliphatic carbocycles. The van der Waals surface area contributed by atoms with Gasteiger partial charge in [0.25, 0.3) is 0 Å². The monoisotopic (exact) mass is 246 g/mol.